The zero-order valence-electron chi connectivity index (χ0n) is 34.8. The van der Waals surface area contributed by atoms with Gasteiger partial charge in [0.25, 0.3) is 5.91 Å². The van der Waals surface area contributed by atoms with Crippen LogP contribution in [0, 0.1) is 5.82 Å². The van der Waals surface area contributed by atoms with Gasteiger partial charge in [-0.25, -0.2) is 9.18 Å². The van der Waals surface area contributed by atoms with Crippen LogP contribution in [0.4, 0.5) is 20.6 Å². The number of pyridine rings is 1. The molecule has 0 bridgehead atoms. The Balaban J connectivity index is 0.898. The first-order valence-corrected chi connectivity index (χ1v) is 21.1. The van der Waals surface area contributed by atoms with Gasteiger partial charge in [0.1, 0.15) is 24.5 Å². The molecule has 3 fully saturated rings. The maximum Gasteiger partial charge on any atom is 0.410 e. The van der Waals surface area contributed by atoms with E-state index in [1.165, 1.54) is 0 Å². The van der Waals surface area contributed by atoms with Crippen molar-refractivity contribution in [3.05, 3.63) is 113 Å². The molecular weight excluding hydrogens is 750 g/mol. The van der Waals surface area contributed by atoms with Gasteiger partial charge in [-0.15, -0.1) is 0 Å². The van der Waals surface area contributed by atoms with Crippen molar-refractivity contribution in [1.29, 1.82) is 0 Å². The summed E-state index contributed by atoms with van der Waals surface area (Å²) in [7, 11) is 0. The number of piperazine rings is 1. The number of ether oxygens (including phenoxy) is 4. The molecule has 0 N–H and O–H groups in total. The molecular formula is C47H56FN5O6. The van der Waals surface area contributed by atoms with Gasteiger partial charge in [-0.2, -0.15) is 4.98 Å². The van der Waals surface area contributed by atoms with E-state index < -0.39 is 11.6 Å². The van der Waals surface area contributed by atoms with Crippen LogP contribution in [0.3, 0.4) is 0 Å². The van der Waals surface area contributed by atoms with Crippen molar-refractivity contribution < 1.29 is 32.9 Å². The number of carbonyl (C=O) groups is 2. The summed E-state index contributed by atoms with van der Waals surface area (Å²) in [5.74, 6) is -0.0505. The highest BCUT2D eigenvalue weighted by Gasteiger charge is 2.43. The minimum Gasteiger partial charge on any atom is -0.473 e. The molecule has 1 saturated carbocycles. The topological polar surface area (TPSA) is 96.9 Å². The summed E-state index contributed by atoms with van der Waals surface area (Å²) in [6.07, 6.45) is 3.73. The van der Waals surface area contributed by atoms with Crippen LogP contribution in [0.2, 0.25) is 0 Å². The highest BCUT2D eigenvalue weighted by molar-refractivity contribution is 6.12. The van der Waals surface area contributed by atoms with Gasteiger partial charge in [0.05, 0.1) is 23.9 Å². The largest absolute Gasteiger partial charge is 0.473 e. The van der Waals surface area contributed by atoms with Crippen molar-refractivity contribution in [2.24, 2.45) is 0 Å². The normalized spacial score (nSPS) is 22.5. The van der Waals surface area contributed by atoms with Crippen LogP contribution in [-0.2, 0) is 22.7 Å². The van der Waals surface area contributed by atoms with Gasteiger partial charge in [-0.05, 0) is 89.6 Å². The van der Waals surface area contributed by atoms with Crippen LogP contribution < -0.4 is 19.3 Å². The fraction of sp³-hybridized carbons (Fsp3) is 0.468. The molecule has 11 nitrogen and oxygen atoms in total. The Kier molecular flexibility index (Phi) is 11.8. The molecule has 1 unspecified atom stereocenters. The number of benzene rings is 3. The first kappa shape index (κ1) is 40.6. The number of halogens is 1. The van der Waals surface area contributed by atoms with Crippen LogP contribution in [0.1, 0.15) is 93.4 Å². The van der Waals surface area contributed by atoms with Gasteiger partial charge in [-0.3, -0.25) is 14.6 Å². The Morgan fingerprint density at radius 3 is 2.08 bits per heavy atom. The summed E-state index contributed by atoms with van der Waals surface area (Å²) < 4.78 is 41.2. The second-order valence-corrected chi connectivity index (χ2v) is 17.3. The van der Waals surface area contributed by atoms with E-state index in [-0.39, 0.29) is 48.6 Å². The zero-order valence-corrected chi connectivity index (χ0v) is 34.8. The summed E-state index contributed by atoms with van der Waals surface area (Å²) >= 11 is 0. The number of anilines is 2. The fourth-order valence-corrected chi connectivity index (χ4v) is 8.79. The highest BCUT2D eigenvalue weighted by atomic mass is 19.1. The van der Waals surface area contributed by atoms with E-state index in [1.54, 1.807) is 34.1 Å². The lowest BCUT2D eigenvalue weighted by atomic mass is 9.86. The molecule has 8 rings (SSSR count). The second-order valence-electron chi connectivity index (χ2n) is 17.3. The zero-order chi connectivity index (χ0) is 41.3. The van der Waals surface area contributed by atoms with Crippen molar-refractivity contribution >= 4 is 23.4 Å². The van der Waals surface area contributed by atoms with E-state index in [0.717, 1.165) is 49.9 Å². The van der Waals surface area contributed by atoms with Gasteiger partial charge in [0, 0.05) is 62.0 Å². The first-order valence-electron chi connectivity index (χ1n) is 21.1. The molecule has 0 radical (unpaired) electrons. The van der Waals surface area contributed by atoms with E-state index in [9.17, 15) is 9.59 Å². The summed E-state index contributed by atoms with van der Waals surface area (Å²) in [5.41, 5.74) is 3.16. The minimum absolute atomic E-state index is 0.0718. The molecule has 2 amide bonds. The quantitative estimate of drug-likeness (QED) is 0.148. The Labute approximate surface area is 347 Å². The van der Waals surface area contributed by atoms with Crippen LogP contribution in [-0.4, -0.2) is 89.4 Å². The summed E-state index contributed by atoms with van der Waals surface area (Å²) in [6, 6.07) is 26.5. The minimum atomic E-state index is -0.595. The summed E-state index contributed by atoms with van der Waals surface area (Å²) in [6.45, 7) is 13.9. The number of hydrogen-bond donors (Lipinski definition) is 0. The maximum atomic E-state index is 16.8. The Bertz CT molecular complexity index is 2100. The lowest BCUT2D eigenvalue weighted by molar-refractivity contribution is -0.104. The molecule has 312 valence electrons. The molecule has 1 aliphatic carbocycles. The second kappa shape index (κ2) is 17.2. The van der Waals surface area contributed by atoms with E-state index in [2.05, 4.69) is 16.7 Å². The predicted octanol–water partition coefficient (Wildman–Crippen LogP) is 8.56. The molecule has 2 saturated heterocycles. The lowest BCUT2D eigenvalue weighted by Crippen LogP contribution is -2.59. The molecule has 4 aromatic rings. The molecule has 4 heterocycles. The van der Waals surface area contributed by atoms with Gasteiger partial charge in [0.2, 0.25) is 11.8 Å². The van der Waals surface area contributed by atoms with Crippen molar-refractivity contribution in [2.75, 3.05) is 42.5 Å². The van der Waals surface area contributed by atoms with Gasteiger partial charge in [0.15, 0.2) is 5.82 Å². The molecule has 4 aliphatic rings. The molecule has 1 aromatic heterocycles. The summed E-state index contributed by atoms with van der Waals surface area (Å²) in [4.78, 5) is 39.3. The van der Waals surface area contributed by atoms with E-state index >= 15 is 4.39 Å². The van der Waals surface area contributed by atoms with Crippen molar-refractivity contribution in [3.63, 3.8) is 0 Å². The number of rotatable bonds is 11. The average Bonchev–Trinajstić information content (AvgIpc) is 3.47. The Morgan fingerprint density at radius 2 is 1.44 bits per heavy atom. The highest BCUT2D eigenvalue weighted by Crippen LogP contribution is 2.45. The first-order chi connectivity index (χ1) is 28.4. The van der Waals surface area contributed by atoms with Gasteiger partial charge < -0.3 is 28.7 Å². The molecule has 12 heteroatoms. The third-order valence-corrected chi connectivity index (χ3v) is 12.0. The van der Waals surface area contributed by atoms with Crippen molar-refractivity contribution in [1.82, 2.24) is 14.8 Å². The number of aromatic nitrogens is 1. The standard InChI is InChI=1S/C47H56FN5O6/c1-31-28-51(35-26-37(27-35)58-36-20-22-50(23-21-36)46(55)59-47(3,4)5)24-25-52(31)39-17-16-38-42(43(39)48)32(2)53(45(38)54)40-18-19-41(56-29-33-12-8-6-9-13-33)49-44(40)57-30-34-14-10-7-11-15-34/h6-19,31-32,35-37H,20-30H2,1-5H3/t31-,32?,35?,37?/m1/s1. The third kappa shape index (κ3) is 9.04. The molecule has 59 heavy (non-hydrogen) atoms. The smallest absolute Gasteiger partial charge is 0.410 e. The lowest BCUT2D eigenvalue weighted by Gasteiger charge is -2.49. The number of likely N-dealkylation sites (tertiary alicyclic amines) is 1. The molecule has 2 atom stereocenters. The SMILES string of the molecule is CC1c2c(ccc(N3CCN(C4CC(OC5CCN(C(=O)OC(C)(C)C)CC5)C4)C[C@H]3C)c2F)C(=O)N1c1ccc(OCc2ccccc2)nc1OCc1ccccc1. The Hall–Kier alpha value is -5.20. The monoisotopic (exact) mass is 805 g/mol. The molecule has 3 aliphatic heterocycles. The average molecular weight is 806 g/mol. The fourth-order valence-electron chi connectivity index (χ4n) is 8.79. The van der Waals surface area contributed by atoms with E-state index in [4.69, 9.17) is 23.9 Å². The predicted molar refractivity (Wildman–Crippen MR) is 225 cm³/mol. The summed E-state index contributed by atoms with van der Waals surface area (Å²) in [5, 5.41) is 0. The number of fused-ring (bicyclic) bond motifs is 1. The number of piperidine rings is 1. The number of hydrogen-bond acceptors (Lipinski definition) is 9. The van der Waals surface area contributed by atoms with Crippen LogP contribution in [0.5, 0.6) is 11.8 Å². The number of amides is 2. The molecule has 3 aromatic carbocycles. The van der Waals surface area contributed by atoms with Crippen molar-refractivity contribution in [2.45, 2.75) is 109 Å². The van der Waals surface area contributed by atoms with Gasteiger partial charge in [-0.1, -0.05) is 60.7 Å². The third-order valence-electron chi connectivity index (χ3n) is 12.0. The van der Waals surface area contributed by atoms with Gasteiger partial charge >= 0.3 is 6.09 Å². The van der Waals surface area contributed by atoms with Crippen LogP contribution >= 0.6 is 0 Å². The van der Waals surface area contributed by atoms with Crippen LogP contribution in [0.25, 0.3) is 0 Å². The molecule has 0 spiro atoms. The van der Waals surface area contributed by atoms with E-state index in [0.29, 0.717) is 60.7 Å². The van der Waals surface area contributed by atoms with Crippen molar-refractivity contribution in [3.8, 4) is 11.8 Å². The Morgan fingerprint density at radius 1 is 0.797 bits per heavy atom. The number of carbonyl (C=O) groups excluding carboxylic acids is 2. The van der Waals surface area contributed by atoms with E-state index in [1.807, 2.05) is 88.4 Å². The maximum absolute atomic E-state index is 16.8. The number of nitrogens with zero attached hydrogens (tertiary/aromatic N) is 5. The van der Waals surface area contributed by atoms with Crippen LogP contribution in [0.15, 0.2) is 84.9 Å².